The number of fused-ring (bicyclic) bond motifs is 1. The molecule has 6 heteroatoms. The third-order valence-corrected chi connectivity index (χ3v) is 4.72. The summed E-state index contributed by atoms with van der Waals surface area (Å²) in [7, 11) is 3.08. The maximum absolute atomic E-state index is 13.5. The minimum atomic E-state index is -0.218. The van der Waals surface area contributed by atoms with Gasteiger partial charge in [0.15, 0.2) is 11.5 Å². The number of pyridine rings is 1. The minimum absolute atomic E-state index is 0.218. The first-order valence-electron chi connectivity index (χ1n) is 8.89. The number of aromatic nitrogens is 2. The average molecular weight is 383 g/mol. The molecule has 2 heterocycles. The molecule has 0 aliphatic rings. The van der Waals surface area contributed by atoms with Crippen LogP contribution in [0.25, 0.3) is 22.2 Å². The molecule has 0 aliphatic heterocycles. The summed E-state index contributed by atoms with van der Waals surface area (Å²) in [5, 5.41) is 10.0. The Balaban J connectivity index is 1.94. The maximum atomic E-state index is 13.5. The molecule has 2 aromatic heterocycles. The van der Waals surface area contributed by atoms with Gasteiger partial charge in [-0.25, -0.2) is 0 Å². The SMILES string of the molecule is COc1ccc(C(=O)n2c(-c3cccnc3)cc3cc(C#N)ccc32)cc1OC. The largest absolute Gasteiger partial charge is 0.493 e. The van der Waals surface area contributed by atoms with Crippen molar-refractivity contribution in [1.29, 1.82) is 5.26 Å². The first-order valence-corrected chi connectivity index (χ1v) is 8.89. The number of rotatable bonds is 4. The lowest BCUT2D eigenvalue weighted by Crippen LogP contribution is -2.13. The first kappa shape index (κ1) is 18.3. The smallest absolute Gasteiger partial charge is 0.263 e. The standard InChI is InChI=1S/C23H17N3O3/c1-28-21-8-6-16(12-22(21)29-2)23(27)26-19-7-5-15(13-24)10-18(19)11-20(26)17-4-3-9-25-14-17/h3-12,14H,1-2H3. The molecular weight excluding hydrogens is 366 g/mol. The predicted molar refractivity (Wildman–Crippen MR) is 109 cm³/mol. The number of carbonyl (C=O) groups is 1. The quantitative estimate of drug-likeness (QED) is 0.526. The van der Waals surface area contributed by atoms with Crippen molar-refractivity contribution in [1.82, 2.24) is 9.55 Å². The zero-order valence-corrected chi connectivity index (χ0v) is 15.9. The van der Waals surface area contributed by atoms with E-state index in [9.17, 15) is 10.1 Å². The average Bonchev–Trinajstić information content (AvgIpc) is 3.17. The maximum Gasteiger partial charge on any atom is 0.263 e. The molecule has 0 amide bonds. The fraction of sp³-hybridized carbons (Fsp3) is 0.0870. The van der Waals surface area contributed by atoms with E-state index in [1.54, 1.807) is 60.5 Å². The lowest BCUT2D eigenvalue weighted by atomic mass is 10.1. The molecule has 0 unspecified atom stereocenters. The van der Waals surface area contributed by atoms with Gasteiger partial charge in [-0.15, -0.1) is 0 Å². The Morgan fingerprint density at radius 1 is 1.03 bits per heavy atom. The second-order valence-electron chi connectivity index (χ2n) is 6.37. The van der Waals surface area contributed by atoms with Gasteiger partial charge >= 0.3 is 0 Å². The highest BCUT2D eigenvalue weighted by Crippen LogP contribution is 2.32. The number of nitriles is 1. The number of ether oxygens (including phenoxy) is 2. The predicted octanol–water partition coefficient (Wildman–Crippen LogP) is 4.28. The van der Waals surface area contributed by atoms with Crippen molar-refractivity contribution in [3.63, 3.8) is 0 Å². The molecule has 0 saturated carbocycles. The zero-order valence-electron chi connectivity index (χ0n) is 15.9. The second kappa shape index (κ2) is 7.49. The third kappa shape index (κ3) is 3.19. The van der Waals surface area contributed by atoms with Crippen molar-refractivity contribution >= 4 is 16.8 Å². The lowest BCUT2D eigenvalue weighted by Gasteiger charge is -2.12. The minimum Gasteiger partial charge on any atom is -0.493 e. The van der Waals surface area contributed by atoms with Crippen LogP contribution in [0.15, 0.2) is 67.0 Å². The fourth-order valence-electron chi connectivity index (χ4n) is 3.33. The summed E-state index contributed by atoms with van der Waals surface area (Å²) < 4.78 is 12.2. The number of hydrogen-bond donors (Lipinski definition) is 0. The van der Waals surface area contributed by atoms with E-state index in [1.807, 2.05) is 18.2 Å². The summed E-state index contributed by atoms with van der Waals surface area (Å²) in [5.74, 6) is 0.807. The second-order valence-corrected chi connectivity index (χ2v) is 6.37. The molecule has 0 atom stereocenters. The van der Waals surface area contributed by atoms with Gasteiger partial charge in [0.2, 0.25) is 0 Å². The Morgan fingerprint density at radius 2 is 1.86 bits per heavy atom. The Labute approximate surface area is 167 Å². The van der Waals surface area contributed by atoms with Crippen LogP contribution in [-0.2, 0) is 0 Å². The molecule has 0 radical (unpaired) electrons. The number of hydrogen-bond acceptors (Lipinski definition) is 5. The van der Waals surface area contributed by atoms with E-state index in [4.69, 9.17) is 9.47 Å². The highest BCUT2D eigenvalue weighted by Gasteiger charge is 2.20. The van der Waals surface area contributed by atoms with Gasteiger partial charge in [-0.1, -0.05) is 0 Å². The van der Waals surface area contributed by atoms with Crippen molar-refractivity contribution in [2.45, 2.75) is 0 Å². The van der Waals surface area contributed by atoms with Crippen molar-refractivity contribution in [2.75, 3.05) is 14.2 Å². The van der Waals surface area contributed by atoms with Gasteiger partial charge in [-0.3, -0.25) is 14.3 Å². The Kier molecular flexibility index (Phi) is 4.71. The molecule has 29 heavy (non-hydrogen) atoms. The monoisotopic (exact) mass is 383 g/mol. The molecule has 2 aromatic carbocycles. The van der Waals surface area contributed by atoms with Crippen LogP contribution >= 0.6 is 0 Å². The van der Waals surface area contributed by atoms with E-state index >= 15 is 0 Å². The fourth-order valence-corrected chi connectivity index (χ4v) is 3.33. The van der Waals surface area contributed by atoms with Gasteiger partial charge in [0, 0.05) is 28.9 Å². The van der Waals surface area contributed by atoms with Gasteiger partial charge < -0.3 is 9.47 Å². The number of nitrogens with zero attached hydrogens (tertiary/aromatic N) is 3. The van der Waals surface area contributed by atoms with Crippen LogP contribution in [0.1, 0.15) is 15.9 Å². The Morgan fingerprint density at radius 3 is 2.55 bits per heavy atom. The third-order valence-electron chi connectivity index (χ3n) is 4.72. The molecule has 0 fully saturated rings. The number of carbonyl (C=O) groups excluding carboxylic acids is 1. The van der Waals surface area contributed by atoms with Crippen LogP contribution in [0.5, 0.6) is 11.5 Å². The van der Waals surface area contributed by atoms with Gasteiger partial charge in [0.25, 0.3) is 5.91 Å². The van der Waals surface area contributed by atoms with Crippen molar-refractivity contribution in [3.8, 4) is 28.8 Å². The normalized spacial score (nSPS) is 10.5. The highest BCUT2D eigenvalue weighted by molar-refractivity contribution is 6.06. The van der Waals surface area contributed by atoms with E-state index in [0.717, 1.165) is 10.9 Å². The van der Waals surface area contributed by atoms with E-state index in [1.165, 1.54) is 7.11 Å². The van der Waals surface area contributed by atoms with Crippen LogP contribution in [0, 0.1) is 11.3 Å². The summed E-state index contributed by atoms with van der Waals surface area (Å²) in [4.78, 5) is 17.7. The van der Waals surface area contributed by atoms with Gasteiger partial charge in [0.05, 0.1) is 37.1 Å². The Hall–Kier alpha value is -4.11. The molecule has 0 aliphatic carbocycles. The molecule has 0 N–H and O–H groups in total. The van der Waals surface area contributed by atoms with Gasteiger partial charge in [0.1, 0.15) is 0 Å². The summed E-state index contributed by atoms with van der Waals surface area (Å²) in [6, 6.07) is 18.1. The summed E-state index contributed by atoms with van der Waals surface area (Å²) in [5.41, 5.74) is 3.20. The van der Waals surface area contributed by atoms with E-state index < -0.39 is 0 Å². The summed E-state index contributed by atoms with van der Waals surface area (Å²) in [6.45, 7) is 0. The molecule has 6 nitrogen and oxygen atoms in total. The topological polar surface area (TPSA) is 77.1 Å². The number of benzene rings is 2. The lowest BCUT2D eigenvalue weighted by molar-refractivity contribution is 0.0966. The molecule has 4 aromatic rings. The molecular formula is C23H17N3O3. The highest BCUT2D eigenvalue weighted by atomic mass is 16.5. The van der Waals surface area contributed by atoms with Gasteiger partial charge in [-0.05, 0) is 54.6 Å². The van der Waals surface area contributed by atoms with Crippen LogP contribution in [-0.4, -0.2) is 29.7 Å². The molecule has 4 rings (SSSR count). The van der Waals surface area contributed by atoms with E-state index in [0.29, 0.717) is 33.8 Å². The molecule has 0 saturated heterocycles. The molecule has 0 bridgehead atoms. The van der Waals surface area contributed by atoms with Crippen molar-refractivity contribution in [2.24, 2.45) is 0 Å². The van der Waals surface area contributed by atoms with Crippen LogP contribution in [0.4, 0.5) is 0 Å². The summed E-state index contributed by atoms with van der Waals surface area (Å²) in [6.07, 6.45) is 3.39. The van der Waals surface area contributed by atoms with Crippen LogP contribution in [0.3, 0.4) is 0 Å². The first-order chi connectivity index (χ1) is 14.2. The van der Waals surface area contributed by atoms with Crippen LogP contribution in [0.2, 0.25) is 0 Å². The zero-order chi connectivity index (χ0) is 20.4. The van der Waals surface area contributed by atoms with E-state index in [-0.39, 0.29) is 5.91 Å². The summed E-state index contributed by atoms with van der Waals surface area (Å²) >= 11 is 0. The van der Waals surface area contributed by atoms with Crippen molar-refractivity contribution in [3.05, 3.63) is 78.1 Å². The molecule has 142 valence electrons. The van der Waals surface area contributed by atoms with E-state index in [2.05, 4.69) is 11.1 Å². The van der Waals surface area contributed by atoms with Gasteiger partial charge in [-0.2, -0.15) is 5.26 Å². The molecule has 0 spiro atoms. The Bertz CT molecular complexity index is 1250. The number of methoxy groups -OCH3 is 2. The van der Waals surface area contributed by atoms with Crippen LogP contribution < -0.4 is 9.47 Å². The van der Waals surface area contributed by atoms with Crippen molar-refractivity contribution < 1.29 is 14.3 Å².